The zero-order valence-electron chi connectivity index (χ0n) is 14.2. The third-order valence-corrected chi connectivity index (χ3v) is 4.69. The lowest BCUT2D eigenvalue weighted by Crippen LogP contribution is -2.45. The summed E-state index contributed by atoms with van der Waals surface area (Å²) in [6.07, 6.45) is 4.74. The van der Waals surface area contributed by atoms with Crippen LogP contribution in [-0.2, 0) is 11.3 Å². The molecule has 1 aromatic carbocycles. The molecule has 2 rings (SSSR count). The molecule has 1 fully saturated rings. The predicted molar refractivity (Wildman–Crippen MR) is 91.6 cm³/mol. The largest absolute Gasteiger partial charge is 0.352 e. The van der Waals surface area contributed by atoms with Crippen LogP contribution >= 0.6 is 0 Å². The lowest BCUT2D eigenvalue weighted by Gasteiger charge is -2.30. The van der Waals surface area contributed by atoms with Crippen LogP contribution in [0.3, 0.4) is 0 Å². The molecule has 1 aromatic rings. The van der Waals surface area contributed by atoms with Gasteiger partial charge in [-0.1, -0.05) is 37.3 Å². The highest BCUT2D eigenvalue weighted by atomic mass is 16.2. The minimum Gasteiger partial charge on any atom is -0.352 e. The van der Waals surface area contributed by atoms with Gasteiger partial charge in [0.05, 0.1) is 6.54 Å². The van der Waals surface area contributed by atoms with Crippen molar-refractivity contribution in [2.24, 2.45) is 5.92 Å². The molecule has 0 spiro atoms. The van der Waals surface area contributed by atoms with Gasteiger partial charge in [0.15, 0.2) is 0 Å². The van der Waals surface area contributed by atoms with Crippen LogP contribution in [0.5, 0.6) is 0 Å². The van der Waals surface area contributed by atoms with Gasteiger partial charge in [0.25, 0.3) is 0 Å². The summed E-state index contributed by atoms with van der Waals surface area (Å²) < 4.78 is 0. The van der Waals surface area contributed by atoms with E-state index in [2.05, 4.69) is 55.3 Å². The third-order valence-electron chi connectivity index (χ3n) is 4.69. The van der Waals surface area contributed by atoms with Gasteiger partial charge in [0.1, 0.15) is 0 Å². The van der Waals surface area contributed by atoms with Crippen LogP contribution in [0.1, 0.15) is 52.0 Å². The maximum Gasteiger partial charge on any atom is 0.234 e. The van der Waals surface area contributed by atoms with Crippen molar-refractivity contribution >= 4 is 5.91 Å². The molecule has 0 bridgehead atoms. The van der Waals surface area contributed by atoms with E-state index in [1.807, 2.05) is 6.07 Å². The smallest absolute Gasteiger partial charge is 0.234 e. The van der Waals surface area contributed by atoms with Crippen LogP contribution in [0.25, 0.3) is 0 Å². The van der Waals surface area contributed by atoms with Crippen LogP contribution in [0, 0.1) is 5.92 Å². The van der Waals surface area contributed by atoms with Crippen LogP contribution in [0.15, 0.2) is 30.3 Å². The van der Waals surface area contributed by atoms with E-state index in [0.29, 0.717) is 18.6 Å². The van der Waals surface area contributed by atoms with E-state index in [0.717, 1.165) is 25.3 Å². The van der Waals surface area contributed by atoms with Crippen molar-refractivity contribution in [3.8, 4) is 0 Å². The SMILES string of the molecule is CC1CCC(NC(=O)CN(Cc2ccccc2)C(C)C)CC1. The molecule has 3 nitrogen and oxygen atoms in total. The van der Waals surface area contributed by atoms with E-state index in [1.54, 1.807) is 0 Å². The van der Waals surface area contributed by atoms with E-state index in [-0.39, 0.29) is 5.91 Å². The molecule has 0 unspecified atom stereocenters. The molecule has 1 aliphatic rings. The minimum atomic E-state index is 0.171. The molecule has 0 radical (unpaired) electrons. The fraction of sp³-hybridized carbons (Fsp3) is 0.632. The molecule has 122 valence electrons. The first-order valence-electron chi connectivity index (χ1n) is 8.62. The minimum absolute atomic E-state index is 0.171. The average Bonchev–Trinajstić information content (AvgIpc) is 2.50. The Morgan fingerprint density at radius 1 is 1.18 bits per heavy atom. The van der Waals surface area contributed by atoms with Crippen molar-refractivity contribution < 1.29 is 4.79 Å². The Bertz CT molecular complexity index is 450. The molecule has 1 saturated carbocycles. The number of carbonyl (C=O) groups is 1. The molecular formula is C19H30N2O. The van der Waals surface area contributed by atoms with Gasteiger partial charge in [-0.2, -0.15) is 0 Å². The highest BCUT2D eigenvalue weighted by Gasteiger charge is 2.21. The summed E-state index contributed by atoms with van der Waals surface area (Å²) in [6, 6.07) is 11.1. The third kappa shape index (κ3) is 5.45. The van der Waals surface area contributed by atoms with Gasteiger partial charge in [0.2, 0.25) is 5.91 Å². The standard InChI is InChI=1S/C19H30N2O/c1-15(2)21(13-17-7-5-4-6-8-17)14-19(22)20-18-11-9-16(3)10-12-18/h4-8,15-16,18H,9-14H2,1-3H3,(H,20,22). The molecule has 0 heterocycles. The first kappa shape index (κ1) is 17.0. The number of amides is 1. The maximum absolute atomic E-state index is 12.3. The number of rotatable bonds is 6. The van der Waals surface area contributed by atoms with Gasteiger partial charge in [-0.25, -0.2) is 0 Å². The molecule has 0 atom stereocenters. The molecule has 1 amide bonds. The Morgan fingerprint density at radius 3 is 2.41 bits per heavy atom. The summed E-state index contributed by atoms with van der Waals surface area (Å²) in [5, 5.41) is 3.23. The van der Waals surface area contributed by atoms with Crippen molar-refractivity contribution in [3.63, 3.8) is 0 Å². The molecule has 1 N–H and O–H groups in total. The van der Waals surface area contributed by atoms with Crippen LogP contribution in [-0.4, -0.2) is 29.4 Å². The first-order valence-corrected chi connectivity index (χ1v) is 8.62. The molecule has 22 heavy (non-hydrogen) atoms. The van der Waals surface area contributed by atoms with Gasteiger partial charge in [0, 0.05) is 18.6 Å². The number of nitrogens with zero attached hydrogens (tertiary/aromatic N) is 1. The Hall–Kier alpha value is -1.35. The number of hydrogen-bond donors (Lipinski definition) is 1. The summed E-state index contributed by atoms with van der Waals surface area (Å²) >= 11 is 0. The summed E-state index contributed by atoms with van der Waals surface area (Å²) in [5.74, 6) is 0.988. The van der Waals surface area contributed by atoms with Crippen molar-refractivity contribution in [2.75, 3.05) is 6.54 Å². The van der Waals surface area contributed by atoms with Gasteiger partial charge in [-0.3, -0.25) is 9.69 Å². The second-order valence-electron chi connectivity index (χ2n) is 7.01. The zero-order chi connectivity index (χ0) is 15.9. The number of carbonyl (C=O) groups excluding carboxylic acids is 1. The van der Waals surface area contributed by atoms with Crippen molar-refractivity contribution in [3.05, 3.63) is 35.9 Å². The molecule has 0 aliphatic heterocycles. The van der Waals surface area contributed by atoms with E-state index in [9.17, 15) is 4.79 Å². The van der Waals surface area contributed by atoms with E-state index in [1.165, 1.54) is 18.4 Å². The summed E-state index contributed by atoms with van der Waals surface area (Å²) in [4.78, 5) is 14.6. The predicted octanol–water partition coefficient (Wildman–Crippen LogP) is 3.59. The average molecular weight is 302 g/mol. The molecule has 3 heteroatoms. The van der Waals surface area contributed by atoms with E-state index < -0.39 is 0 Å². The Balaban J connectivity index is 1.83. The first-order chi connectivity index (χ1) is 10.5. The number of hydrogen-bond acceptors (Lipinski definition) is 2. The highest BCUT2D eigenvalue weighted by Crippen LogP contribution is 2.23. The summed E-state index contributed by atoms with van der Waals surface area (Å²) in [6.45, 7) is 7.92. The lowest BCUT2D eigenvalue weighted by atomic mass is 9.87. The second-order valence-corrected chi connectivity index (χ2v) is 7.01. The summed E-state index contributed by atoms with van der Waals surface area (Å²) in [5.41, 5.74) is 1.26. The summed E-state index contributed by atoms with van der Waals surface area (Å²) in [7, 11) is 0. The normalized spacial score (nSPS) is 22.0. The highest BCUT2D eigenvalue weighted by molar-refractivity contribution is 5.78. The van der Waals surface area contributed by atoms with Crippen molar-refractivity contribution in [1.82, 2.24) is 10.2 Å². The molecule has 0 saturated heterocycles. The van der Waals surface area contributed by atoms with Crippen LogP contribution < -0.4 is 5.32 Å². The Labute approximate surface area is 135 Å². The molecule has 0 aromatic heterocycles. The number of benzene rings is 1. The van der Waals surface area contributed by atoms with Gasteiger partial charge in [-0.05, 0) is 51.0 Å². The van der Waals surface area contributed by atoms with Crippen LogP contribution in [0.2, 0.25) is 0 Å². The van der Waals surface area contributed by atoms with Gasteiger partial charge >= 0.3 is 0 Å². The quantitative estimate of drug-likeness (QED) is 0.871. The molecular weight excluding hydrogens is 272 g/mol. The Morgan fingerprint density at radius 2 is 1.82 bits per heavy atom. The zero-order valence-corrected chi connectivity index (χ0v) is 14.2. The monoisotopic (exact) mass is 302 g/mol. The van der Waals surface area contributed by atoms with Gasteiger partial charge in [-0.15, -0.1) is 0 Å². The fourth-order valence-electron chi connectivity index (χ4n) is 3.10. The maximum atomic E-state index is 12.3. The topological polar surface area (TPSA) is 32.3 Å². The van der Waals surface area contributed by atoms with Crippen molar-refractivity contribution in [1.29, 1.82) is 0 Å². The molecule has 1 aliphatic carbocycles. The van der Waals surface area contributed by atoms with Gasteiger partial charge < -0.3 is 5.32 Å². The van der Waals surface area contributed by atoms with Crippen molar-refractivity contribution in [2.45, 2.75) is 65.1 Å². The van der Waals surface area contributed by atoms with E-state index in [4.69, 9.17) is 0 Å². The van der Waals surface area contributed by atoms with Crippen LogP contribution in [0.4, 0.5) is 0 Å². The fourth-order valence-corrected chi connectivity index (χ4v) is 3.10. The lowest BCUT2D eigenvalue weighted by molar-refractivity contribution is -0.123. The Kier molecular flexibility index (Phi) is 6.44. The van der Waals surface area contributed by atoms with E-state index >= 15 is 0 Å². The second kappa shape index (κ2) is 8.33. The number of nitrogens with one attached hydrogen (secondary N) is 1.